The third kappa shape index (κ3) is 4.90. The van der Waals surface area contributed by atoms with Gasteiger partial charge >= 0.3 is 0 Å². The van der Waals surface area contributed by atoms with Crippen molar-refractivity contribution in [3.05, 3.63) is 182 Å². The normalized spacial score (nSPS) is 11.7. The minimum atomic E-state index is 0.589. The number of aromatic nitrogens is 4. The fourth-order valence-electron chi connectivity index (χ4n) is 7.84. The van der Waals surface area contributed by atoms with Gasteiger partial charge in [0.05, 0.1) is 11.0 Å². The van der Waals surface area contributed by atoms with Crippen LogP contribution < -0.4 is 0 Å². The molecule has 0 fully saturated rings. The lowest BCUT2D eigenvalue weighted by molar-refractivity contribution is 0.668. The zero-order valence-corrected chi connectivity index (χ0v) is 29.0. The molecule has 11 rings (SSSR count). The molecule has 54 heavy (non-hydrogen) atoms. The van der Waals surface area contributed by atoms with Crippen molar-refractivity contribution in [2.75, 3.05) is 0 Å². The predicted molar refractivity (Wildman–Crippen MR) is 221 cm³/mol. The van der Waals surface area contributed by atoms with E-state index >= 15 is 0 Å². The minimum Gasteiger partial charge on any atom is -0.456 e. The third-order valence-corrected chi connectivity index (χ3v) is 10.5. The Kier molecular flexibility index (Phi) is 6.79. The smallest absolute Gasteiger partial charge is 0.164 e. The molecule has 5 heteroatoms. The molecule has 11 aromatic rings. The van der Waals surface area contributed by atoms with Crippen molar-refractivity contribution >= 4 is 54.5 Å². The molecule has 0 unspecified atom stereocenters. The number of para-hydroxylation sites is 1. The van der Waals surface area contributed by atoms with Crippen molar-refractivity contribution in [2.45, 2.75) is 0 Å². The van der Waals surface area contributed by atoms with E-state index in [0.29, 0.717) is 17.5 Å². The predicted octanol–water partition coefficient (Wildman–Crippen LogP) is 12.7. The van der Waals surface area contributed by atoms with Crippen LogP contribution in [0.4, 0.5) is 0 Å². The minimum absolute atomic E-state index is 0.589. The maximum Gasteiger partial charge on any atom is 0.164 e. The molecule has 0 amide bonds. The van der Waals surface area contributed by atoms with Gasteiger partial charge in [-0.1, -0.05) is 146 Å². The summed E-state index contributed by atoms with van der Waals surface area (Å²) in [6.45, 7) is 0. The molecule has 0 radical (unpaired) electrons. The van der Waals surface area contributed by atoms with Gasteiger partial charge in [0.15, 0.2) is 17.5 Å². The third-order valence-electron chi connectivity index (χ3n) is 10.5. The van der Waals surface area contributed by atoms with Gasteiger partial charge in [-0.3, -0.25) is 0 Å². The monoisotopic (exact) mass is 690 g/mol. The second kappa shape index (κ2) is 12.1. The van der Waals surface area contributed by atoms with Crippen molar-refractivity contribution in [3.8, 4) is 51.0 Å². The Balaban J connectivity index is 1.04. The summed E-state index contributed by atoms with van der Waals surface area (Å²) in [6.07, 6.45) is 0. The van der Waals surface area contributed by atoms with E-state index in [-0.39, 0.29) is 0 Å². The lowest BCUT2D eigenvalue weighted by atomic mass is 10.0. The Morgan fingerprint density at radius 2 is 0.870 bits per heavy atom. The fourth-order valence-corrected chi connectivity index (χ4v) is 7.84. The second-order valence-corrected chi connectivity index (χ2v) is 13.6. The molecule has 3 aromatic heterocycles. The van der Waals surface area contributed by atoms with Gasteiger partial charge in [-0.2, -0.15) is 0 Å². The van der Waals surface area contributed by atoms with Gasteiger partial charge in [0.1, 0.15) is 11.2 Å². The van der Waals surface area contributed by atoms with Gasteiger partial charge < -0.3 is 8.98 Å². The largest absolute Gasteiger partial charge is 0.456 e. The molecule has 0 saturated carbocycles. The number of hydrogen-bond acceptors (Lipinski definition) is 4. The van der Waals surface area contributed by atoms with Crippen molar-refractivity contribution in [1.82, 2.24) is 19.5 Å². The lowest BCUT2D eigenvalue weighted by Crippen LogP contribution is -2.00. The maximum absolute atomic E-state index is 6.67. The van der Waals surface area contributed by atoms with Gasteiger partial charge in [0.2, 0.25) is 0 Å². The van der Waals surface area contributed by atoms with E-state index in [1.807, 2.05) is 36.4 Å². The summed E-state index contributed by atoms with van der Waals surface area (Å²) < 4.78 is 9.04. The Morgan fingerprint density at radius 3 is 1.63 bits per heavy atom. The molecule has 0 aliphatic heterocycles. The highest BCUT2D eigenvalue weighted by molar-refractivity contribution is 6.18. The molecule has 252 valence electrons. The standard InChI is InChI=1S/C49H30N4O/c1-3-11-31(12-4-1)32-19-21-35(22-20-32)48-50-47(34-14-5-2-6-15-34)51-49(52-48)36-24-26-40-41-28-25-37(30-45(41)54-44(40)29-36)53-43-18-10-9-17-39(43)42-27-23-33-13-7-8-16-38(33)46(42)53/h1-30H. The molecule has 3 heterocycles. The van der Waals surface area contributed by atoms with Gasteiger partial charge in [0, 0.05) is 55.4 Å². The molecule has 0 aliphatic rings. The maximum atomic E-state index is 6.67. The zero-order chi connectivity index (χ0) is 35.6. The van der Waals surface area contributed by atoms with Crippen molar-refractivity contribution in [1.29, 1.82) is 0 Å². The topological polar surface area (TPSA) is 56.7 Å². The summed E-state index contributed by atoms with van der Waals surface area (Å²) in [4.78, 5) is 15.0. The summed E-state index contributed by atoms with van der Waals surface area (Å²) in [5, 5.41) is 7.00. The number of benzene rings is 8. The van der Waals surface area contributed by atoms with Crippen LogP contribution in [-0.4, -0.2) is 19.5 Å². The molecule has 0 aliphatic carbocycles. The van der Waals surface area contributed by atoms with Gasteiger partial charge in [-0.15, -0.1) is 0 Å². The number of furan rings is 1. The first-order valence-corrected chi connectivity index (χ1v) is 18.1. The van der Waals surface area contributed by atoms with Crippen LogP contribution in [0.5, 0.6) is 0 Å². The molecule has 0 spiro atoms. The van der Waals surface area contributed by atoms with E-state index in [9.17, 15) is 0 Å². The van der Waals surface area contributed by atoms with E-state index in [0.717, 1.165) is 55.4 Å². The molecule has 0 saturated heterocycles. The summed E-state index contributed by atoms with van der Waals surface area (Å²) in [5.41, 5.74) is 10.0. The van der Waals surface area contributed by atoms with E-state index in [4.69, 9.17) is 19.4 Å². The van der Waals surface area contributed by atoms with Crippen LogP contribution in [-0.2, 0) is 0 Å². The number of hydrogen-bond donors (Lipinski definition) is 0. The van der Waals surface area contributed by atoms with E-state index in [2.05, 4.69) is 150 Å². The fraction of sp³-hybridized carbons (Fsp3) is 0. The highest BCUT2D eigenvalue weighted by atomic mass is 16.3. The second-order valence-electron chi connectivity index (χ2n) is 13.6. The Morgan fingerprint density at radius 1 is 0.352 bits per heavy atom. The molecule has 0 atom stereocenters. The van der Waals surface area contributed by atoms with Crippen LogP contribution in [0, 0.1) is 0 Å². The number of fused-ring (bicyclic) bond motifs is 8. The van der Waals surface area contributed by atoms with Gasteiger partial charge in [0.25, 0.3) is 0 Å². The highest BCUT2D eigenvalue weighted by Gasteiger charge is 2.18. The highest BCUT2D eigenvalue weighted by Crippen LogP contribution is 2.39. The van der Waals surface area contributed by atoms with Crippen LogP contribution in [0.15, 0.2) is 186 Å². The Labute approximate surface area is 310 Å². The average Bonchev–Trinajstić information content (AvgIpc) is 3.79. The summed E-state index contributed by atoms with van der Waals surface area (Å²) in [5.74, 6) is 1.83. The van der Waals surface area contributed by atoms with Crippen LogP contribution >= 0.6 is 0 Å². The van der Waals surface area contributed by atoms with Crippen LogP contribution in [0.25, 0.3) is 105 Å². The number of rotatable bonds is 5. The van der Waals surface area contributed by atoms with Crippen molar-refractivity contribution in [3.63, 3.8) is 0 Å². The molecule has 0 N–H and O–H groups in total. The first-order chi connectivity index (χ1) is 26.7. The van der Waals surface area contributed by atoms with E-state index in [1.165, 1.54) is 32.6 Å². The van der Waals surface area contributed by atoms with Crippen molar-refractivity contribution < 1.29 is 4.42 Å². The Hall–Kier alpha value is -7.37. The summed E-state index contributed by atoms with van der Waals surface area (Å²) >= 11 is 0. The van der Waals surface area contributed by atoms with Crippen LogP contribution in [0.1, 0.15) is 0 Å². The first-order valence-electron chi connectivity index (χ1n) is 18.1. The SMILES string of the molecule is c1ccc(-c2ccc(-c3nc(-c4ccccc4)nc(-c4ccc5c(c4)oc4cc(-n6c7ccccc7c7ccc8ccccc8c76)ccc45)n3)cc2)cc1. The summed E-state index contributed by atoms with van der Waals surface area (Å²) in [6, 6.07) is 63.3. The molecule has 0 bridgehead atoms. The Bertz CT molecular complexity index is 3200. The molecular weight excluding hydrogens is 661 g/mol. The summed E-state index contributed by atoms with van der Waals surface area (Å²) in [7, 11) is 0. The van der Waals surface area contributed by atoms with Crippen LogP contribution in [0.3, 0.4) is 0 Å². The molecule has 5 nitrogen and oxygen atoms in total. The van der Waals surface area contributed by atoms with E-state index in [1.54, 1.807) is 0 Å². The zero-order valence-electron chi connectivity index (χ0n) is 29.0. The quantitative estimate of drug-likeness (QED) is 0.180. The lowest BCUT2D eigenvalue weighted by Gasteiger charge is -2.10. The van der Waals surface area contributed by atoms with Crippen molar-refractivity contribution in [2.24, 2.45) is 0 Å². The first kappa shape index (κ1) is 30.3. The number of nitrogens with zero attached hydrogens (tertiary/aromatic N) is 4. The van der Waals surface area contributed by atoms with Gasteiger partial charge in [-0.25, -0.2) is 15.0 Å². The van der Waals surface area contributed by atoms with Crippen LogP contribution in [0.2, 0.25) is 0 Å². The average molecular weight is 691 g/mol. The molecular formula is C49H30N4O. The van der Waals surface area contributed by atoms with E-state index < -0.39 is 0 Å². The van der Waals surface area contributed by atoms with Gasteiger partial charge in [-0.05, 0) is 46.8 Å². The molecule has 8 aromatic carbocycles.